The Hall–Kier alpha value is -2.21. The number of rotatable bonds is 4. The molecule has 6 heteroatoms. The molecule has 2 heterocycles. The van der Waals surface area contributed by atoms with Gasteiger partial charge in [-0.1, -0.05) is 12.1 Å². The van der Waals surface area contributed by atoms with E-state index in [2.05, 4.69) is 10.4 Å². The fourth-order valence-corrected chi connectivity index (χ4v) is 3.44. The fourth-order valence-electron chi connectivity index (χ4n) is 3.44. The predicted molar refractivity (Wildman–Crippen MR) is 86.4 cm³/mol. The highest BCUT2D eigenvalue weighted by molar-refractivity contribution is 5.95. The third kappa shape index (κ3) is 2.94. The smallest absolute Gasteiger partial charge is 0.255 e. The monoisotopic (exact) mass is 329 g/mol. The molecule has 1 aromatic heterocycles. The van der Waals surface area contributed by atoms with Crippen LogP contribution in [0.4, 0.5) is 4.39 Å². The van der Waals surface area contributed by atoms with Gasteiger partial charge in [0.25, 0.3) is 5.91 Å². The molecular weight excluding hydrogens is 309 g/mol. The Labute approximate surface area is 139 Å². The van der Waals surface area contributed by atoms with E-state index < -0.39 is 0 Å². The average Bonchev–Trinajstić information content (AvgIpc) is 2.97. The first-order valence-electron chi connectivity index (χ1n) is 8.29. The molecule has 1 saturated heterocycles. The summed E-state index contributed by atoms with van der Waals surface area (Å²) >= 11 is 0. The molecule has 1 amide bonds. The second kappa shape index (κ2) is 6.02. The van der Waals surface area contributed by atoms with E-state index >= 15 is 0 Å². The van der Waals surface area contributed by atoms with E-state index in [1.807, 2.05) is 13.1 Å². The van der Waals surface area contributed by atoms with Gasteiger partial charge in [0.1, 0.15) is 5.82 Å². The van der Waals surface area contributed by atoms with Crippen LogP contribution >= 0.6 is 0 Å². The van der Waals surface area contributed by atoms with Crippen molar-refractivity contribution in [3.63, 3.8) is 0 Å². The number of carbonyl (C=O) groups excluding carboxylic acids is 1. The Bertz CT molecular complexity index is 767. The van der Waals surface area contributed by atoms with E-state index in [4.69, 9.17) is 4.74 Å². The van der Waals surface area contributed by atoms with Gasteiger partial charge in [-0.15, -0.1) is 0 Å². The molecule has 0 bridgehead atoms. The summed E-state index contributed by atoms with van der Waals surface area (Å²) in [5, 5.41) is 7.52. The van der Waals surface area contributed by atoms with Crippen LogP contribution in [-0.2, 0) is 11.8 Å². The van der Waals surface area contributed by atoms with Gasteiger partial charge in [0.15, 0.2) is 0 Å². The van der Waals surface area contributed by atoms with Crippen LogP contribution in [0.15, 0.2) is 30.5 Å². The summed E-state index contributed by atoms with van der Waals surface area (Å²) in [6.45, 7) is 1.33. The highest BCUT2D eigenvalue weighted by atomic mass is 19.1. The van der Waals surface area contributed by atoms with Gasteiger partial charge in [-0.2, -0.15) is 5.10 Å². The molecule has 2 aromatic rings. The van der Waals surface area contributed by atoms with E-state index in [0.29, 0.717) is 18.8 Å². The third-order valence-electron chi connectivity index (χ3n) is 4.80. The van der Waals surface area contributed by atoms with Gasteiger partial charge < -0.3 is 10.1 Å². The quantitative estimate of drug-likeness (QED) is 0.937. The predicted octanol–water partition coefficient (Wildman–Crippen LogP) is 2.35. The van der Waals surface area contributed by atoms with Gasteiger partial charge in [-0.05, 0) is 30.5 Å². The number of ether oxygens (including phenoxy) is 1. The zero-order valence-corrected chi connectivity index (χ0v) is 13.5. The molecule has 24 heavy (non-hydrogen) atoms. The maximum absolute atomic E-state index is 13.3. The van der Waals surface area contributed by atoms with Gasteiger partial charge >= 0.3 is 0 Å². The molecule has 1 aliphatic heterocycles. The summed E-state index contributed by atoms with van der Waals surface area (Å²) in [5.74, 6) is 0.0407. The molecule has 1 aliphatic carbocycles. The van der Waals surface area contributed by atoms with Gasteiger partial charge in [-0.25, -0.2) is 4.39 Å². The molecule has 126 valence electrons. The fraction of sp³-hybridized carbons (Fsp3) is 0.444. The third-order valence-corrected chi connectivity index (χ3v) is 4.80. The van der Waals surface area contributed by atoms with Gasteiger partial charge in [0.2, 0.25) is 0 Å². The van der Waals surface area contributed by atoms with Crippen molar-refractivity contribution in [2.24, 2.45) is 7.05 Å². The number of hydrogen-bond donors (Lipinski definition) is 1. The van der Waals surface area contributed by atoms with Crippen LogP contribution in [0, 0.1) is 5.82 Å². The van der Waals surface area contributed by atoms with Crippen LogP contribution in [0.25, 0.3) is 0 Å². The normalized spacial score (nSPS) is 25.7. The lowest BCUT2D eigenvalue weighted by Crippen LogP contribution is -2.27. The maximum atomic E-state index is 13.3. The van der Waals surface area contributed by atoms with Crippen molar-refractivity contribution in [1.82, 2.24) is 15.1 Å². The minimum Gasteiger partial charge on any atom is -0.381 e. The first-order valence-corrected chi connectivity index (χ1v) is 8.29. The summed E-state index contributed by atoms with van der Waals surface area (Å²) < 4.78 is 20.4. The number of halogens is 1. The molecule has 4 rings (SSSR count). The molecular formula is C18H20FN3O2. The molecule has 5 nitrogen and oxygen atoms in total. The number of aryl methyl sites for hydroxylation is 1. The van der Waals surface area contributed by atoms with E-state index in [1.165, 1.54) is 6.07 Å². The van der Waals surface area contributed by atoms with Gasteiger partial charge in [0.05, 0.1) is 17.9 Å². The molecule has 1 aromatic carbocycles. The summed E-state index contributed by atoms with van der Waals surface area (Å²) in [5.41, 5.74) is 2.38. The minimum atomic E-state index is -0.236. The van der Waals surface area contributed by atoms with Crippen LogP contribution < -0.4 is 5.32 Å². The largest absolute Gasteiger partial charge is 0.381 e. The summed E-state index contributed by atoms with van der Waals surface area (Å²) in [7, 11) is 1.82. The Kier molecular flexibility index (Phi) is 3.84. The number of benzene rings is 1. The highest BCUT2D eigenvalue weighted by Gasteiger charge is 2.40. The first kappa shape index (κ1) is 15.3. The second-order valence-electron chi connectivity index (χ2n) is 6.64. The number of carbonyl (C=O) groups is 1. The second-order valence-corrected chi connectivity index (χ2v) is 6.64. The van der Waals surface area contributed by atoms with Crippen molar-refractivity contribution in [3.05, 3.63) is 53.1 Å². The van der Waals surface area contributed by atoms with Gasteiger partial charge in [0, 0.05) is 37.7 Å². The lowest BCUT2D eigenvalue weighted by Gasteiger charge is -2.08. The van der Waals surface area contributed by atoms with Crippen molar-refractivity contribution >= 4 is 5.91 Å². The average molecular weight is 329 g/mol. The Balaban J connectivity index is 1.46. The van der Waals surface area contributed by atoms with E-state index in [-0.39, 0.29) is 29.6 Å². The number of hydrogen-bond acceptors (Lipinski definition) is 3. The number of nitrogens with zero attached hydrogens (tertiary/aromatic N) is 2. The first-order chi connectivity index (χ1) is 11.6. The topological polar surface area (TPSA) is 56.2 Å². The lowest BCUT2D eigenvalue weighted by molar-refractivity contribution is 0.0948. The van der Waals surface area contributed by atoms with E-state index in [1.54, 1.807) is 23.0 Å². The number of nitrogens with one attached hydrogen (secondary N) is 1. The van der Waals surface area contributed by atoms with Crippen molar-refractivity contribution in [3.8, 4) is 0 Å². The summed E-state index contributed by atoms with van der Waals surface area (Å²) in [6, 6.07) is 6.66. The zero-order chi connectivity index (χ0) is 16.7. The van der Waals surface area contributed by atoms with Crippen molar-refractivity contribution in [1.29, 1.82) is 0 Å². The molecule has 0 unspecified atom stereocenters. The summed E-state index contributed by atoms with van der Waals surface area (Å²) in [6.07, 6.45) is 3.51. The number of amides is 1. The molecule has 0 radical (unpaired) electrons. The van der Waals surface area contributed by atoms with Crippen LogP contribution in [0.3, 0.4) is 0 Å². The van der Waals surface area contributed by atoms with Crippen LogP contribution in [0.2, 0.25) is 0 Å². The van der Waals surface area contributed by atoms with E-state index in [9.17, 15) is 9.18 Å². The minimum absolute atomic E-state index is 0.0622. The standard InChI is InChI=1S/C18H20FN3O2/c1-22-9-15(17(21-22)12-5-6-24-10-12)18(23)20-16-8-14(16)11-3-2-4-13(19)7-11/h2-4,7,9,12,14,16H,5-6,8,10H2,1H3,(H,20,23)/t12-,14+,16-/m1/s1. The van der Waals surface area contributed by atoms with Crippen LogP contribution in [0.5, 0.6) is 0 Å². The number of aromatic nitrogens is 2. The molecule has 1 saturated carbocycles. The molecule has 3 atom stereocenters. The molecule has 2 fully saturated rings. The van der Waals surface area contributed by atoms with Crippen LogP contribution in [0.1, 0.15) is 46.3 Å². The molecule has 0 spiro atoms. The Morgan fingerprint density at radius 2 is 2.33 bits per heavy atom. The summed E-state index contributed by atoms with van der Waals surface area (Å²) in [4.78, 5) is 12.7. The zero-order valence-electron chi connectivity index (χ0n) is 13.5. The molecule has 2 aliphatic rings. The van der Waals surface area contributed by atoms with Crippen molar-refractivity contribution in [2.75, 3.05) is 13.2 Å². The van der Waals surface area contributed by atoms with Crippen molar-refractivity contribution in [2.45, 2.75) is 30.7 Å². The van der Waals surface area contributed by atoms with E-state index in [0.717, 1.165) is 24.1 Å². The Morgan fingerprint density at radius 3 is 3.08 bits per heavy atom. The SMILES string of the molecule is Cn1cc(C(=O)N[C@@H]2C[C@H]2c2cccc(F)c2)c([C@@H]2CCOC2)n1. The molecule has 1 N–H and O–H groups in total. The highest BCUT2D eigenvalue weighted by Crippen LogP contribution is 2.41. The van der Waals surface area contributed by atoms with Crippen LogP contribution in [-0.4, -0.2) is 34.9 Å². The van der Waals surface area contributed by atoms with Gasteiger partial charge in [-0.3, -0.25) is 9.48 Å². The van der Waals surface area contributed by atoms with Crippen molar-refractivity contribution < 1.29 is 13.9 Å². The Morgan fingerprint density at radius 1 is 1.46 bits per heavy atom. The lowest BCUT2D eigenvalue weighted by atomic mass is 10.0. The maximum Gasteiger partial charge on any atom is 0.255 e.